The summed E-state index contributed by atoms with van der Waals surface area (Å²) in [4.78, 5) is 8.80. The fourth-order valence-electron chi connectivity index (χ4n) is 1.51. The highest BCUT2D eigenvalue weighted by Gasteiger charge is 2.11. The minimum absolute atomic E-state index is 0.00584. The Morgan fingerprint density at radius 2 is 2.00 bits per heavy atom. The Bertz CT molecular complexity index is 374. The maximum absolute atomic E-state index is 5.00. The second-order valence-electron chi connectivity index (χ2n) is 5.37. The zero-order chi connectivity index (χ0) is 13.6. The Hall–Kier alpha value is -1.36. The molecular formula is C13H24N4O. The van der Waals surface area contributed by atoms with Crippen molar-refractivity contribution in [2.75, 3.05) is 30.9 Å². The number of nitrogens with one attached hydrogen (secondary N) is 2. The van der Waals surface area contributed by atoms with E-state index in [0.29, 0.717) is 5.95 Å². The molecule has 102 valence electrons. The van der Waals surface area contributed by atoms with Gasteiger partial charge in [-0.15, -0.1) is 0 Å². The lowest BCUT2D eigenvalue weighted by Gasteiger charge is -2.21. The van der Waals surface area contributed by atoms with Gasteiger partial charge in [0.1, 0.15) is 5.82 Å². The van der Waals surface area contributed by atoms with E-state index in [1.165, 1.54) is 0 Å². The molecule has 0 saturated carbocycles. The summed E-state index contributed by atoms with van der Waals surface area (Å²) in [5.74, 6) is 1.52. The lowest BCUT2D eigenvalue weighted by atomic mass is 10.1. The van der Waals surface area contributed by atoms with Gasteiger partial charge in [0.05, 0.1) is 0 Å². The fraction of sp³-hybridized carbons (Fsp3) is 0.692. The van der Waals surface area contributed by atoms with Gasteiger partial charge in [0.25, 0.3) is 0 Å². The summed E-state index contributed by atoms with van der Waals surface area (Å²) >= 11 is 0. The minimum atomic E-state index is -0.00584. The smallest absolute Gasteiger partial charge is 0.224 e. The van der Waals surface area contributed by atoms with Crippen molar-refractivity contribution in [1.29, 1.82) is 0 Å². The van der Waals surface area contributed by atoms with Gasteiger partial charge in [-0.3, -0.25) is 0 Å². The van der Waals surface area contributed by atoms with Crippen LogP contribution in [0.4, 0.5) is 11.8 Å². The Labute approximate surface area is 109 Å². The first kappa shape index (κ1) is 14.7. The molecule has 1 heterocycles. The molecule has 0 aliphatic heterocycles. The van der Waals surface area contributed by atoms with Gasteiger partial charge < -0.3 is 15.4 Å². The summed E-state index contributed by atoms with van der Waals surface area (Å²) in [5, 5.41) is 6.55. The molecule has 0 unspecified atom stereocenters. The van der Waals surface area contributed by atoms with E-state index in [9.17, 15) is 0 Å². The Morgan fingerprint density at radius 3 is 2.61 bits per heavy atom. The van der Waals surface area contributed by atoms with Crippen LogP contribution in [0.1, 0.15) is 32.9 Å². The summed E-state index contributed by atoms with van der Waals surface area (Å²) in [6.07, 6.45) is 0.940. The maximum Gasteiger partial charge on any atom is 0.224 e. The first-order chi connectivity index (χ1) is 8.40. The van der Waals surface area contributed by atoms with Gasteiger partial charge >= 0.3 is 0 Å². The standard InChI is InChI=1S/C13H24N4O/c1-10-9-11(17-13(2,3)4)16-12(15-10)14-7-6-8-18-5/h9H,6-8H2,1-5H3,(H2,14,15,16,17). The number of hydrogen-bond donors (Lipinski definition) is 2. The molecule has 0 aliphatic carbocycles. The molecule has 2 N–H and O–H groups in total. The van der Waals surface area contributed by atoms with Crippen LogP contribution < -0.4 is 10.6 Å². The third-order valence-corrected chi connectivity index (χ3v) is 2.17. The van der Waals surface area contributed by atoms with E-state index in [2.05, 4.69) is 41.4 Å². The van der Waals surface area contributed by atoms with Crippen molar-refractivity contribution in [3.05, 3.63) is 11.8 Å². The van der Waals surface area contributed by atoms with Crippen LogP contribution in [0.2, 0.25) is 0 Å². The summed E-state index contributed by atoms with van der Waals surface area (Å²) in [6.45, 7) is 9.84. The fourth-order valence-corrected chi connectivity index (χ4v) is 1.51. The van der Waals surface area contributed by atoms with Crippen LogP contribution in [0.5, 0.6) is 0 Å². The molecule has 0 radical (unpaired) electrons. The average molecular weight is 252 g/mol. The predicted octanol–water partition coefficient (Wildman–Crippen LogP) is 2.44. The quantitative estimate of drug-likeness (QED) is 0.762. The number of methoxy groups -OCH3 is 1. The molecule has 0 bridgehead atoms. The molecule has 0 amide bonds. The van der Waals surface area contributed by atoms with E-state index in [-0.39, 0.29) is 5.54 Å². The monoisotopic (exact) mass is 252 g/mol. The van der Waals surface area contributed by atoms with E-state index in [0.717, 1.165) is 31.1 Å². The van der Waals surface area contributed by atoms with Crippen LogP contribution in [-0.2, 0) is 4.74 Å². The lowest BCUT2D eigenvalue weighted by Crippen LogP contribution is -2.27. The SMILES string of the molecule is COCCCNc1nc(C)cc(NC(C)(C)C)n1. The molecule has 5 nitrogen and oxygen atoms in total. The molecule has 0 spiro atoms. The first-order valence-electron chi connectivity index (χ1n) is 6.27. The number of aromatic nitrogens is 2. The molecule has 1 aromatic heterocycles. The number of aryl methyl sites for hydroxylation is 1. The Morgan fingerprint density at radius 1 is 1.28 bits per heavy atom. The van der Waals surface area contributed by atoms with Crippen molar-refractivity contribution in [1.82, 2.24) is 9.97 Å². The second-order valence-corrected chi connectivity index (χ2v) is 5.37. The zero-order valence-electron chi connectivity index (χ0n) is 12.0. The number of anilines is 2. The van der Waals surface area contributed by atoms with Gasteiger partial charge in [0, 0.05) is 37.6 Å². The summed E-state index contributed by atoms with van der Waals surface area (Å²) in [7, 11) is 1.70. The van der Waals surface area contributed by atoms with E-state index >= 15 is 0 Å². The van der Waals surface area contributed by atoms with Gasteiger partial charge in [-0.25, -0.2) is 4.98 Å². The zero-order valence-corrected chi connectivity index (χ0v) is 12.0. The normalized spacial score (nSPS) is 11.4. The number of ether oxygens (including phenoxy) is 1. The van der Waals surface area contributed by atoms with Crippen molar-refractivity contribution in [3.8, 4) is 0 Å². The molecule has 1 aromatic rings. The molecule has 0 fully saturated rings. The highest BCUT2D eigenvalue weighted by atomic mass is 16.5. The minimum Gasteiger partial charge on any atom is -0.385 e. The van der Waals surface area contributed by atoms with Crippen molar-refractivity contribution in [2.24, 2.45) is 0 Å². The third kappa shape index (κ3) is 5.82. The van der Waals surface area contributed by atoms with Crippen LogP contribution in [0.25, 0.3) is 0 Å². The van der Waals surface area contributed by atoms with Crippen molar-refractivity contribution >= 4 is 11.8 Å². The second kappa shape index (κ2) is 6.54. The highest BCUT2D eigenvalue weighted by Crippen LogP contribution is 2.14. The number of hydrogen-bond acceptors (Lipinski definition) is 5. The summed E-state index contributed by atoms with van der Waals surface area (Å²) in [6, 6.07) is 1.95. The molecule has 0 aliphatic rings. The topological polar surface area (TPSA) is 59.1 Å². The van der Waals surface area contributed by atoms with Crippen LogP contribution in [-0.4, -0.2) is 35.8 Å². The van der Waals surface area contributed by atoms with E-state index in [4.69, 9.17) is 4.74 Å². The Kier molecular flexibility index (Phi) is 5.34. The Balaban J connectivity index is 2.63. The van der Waals surface area contributed by atoms with Crippen LogP contribution in [0.15, 0.2) is 6.07 Å². The molecule has 0 saturated heterocycles. The van der Waals surface area contributed by atoms with Gasteiger partial charge in [0.2, 0.25) is 5.95 Å². The lowest BCUT2D eigenvalue weighted by molar-refractivity contribution is 0.197. The molecule has 0 atom stereocenters. The first-order valence-corrected chi connectivity index (χ1v) is 6.27. The summed E-state index contributed by atoms with van der Waals surface area (Å²) < 4.78 is 5.00. The number of rotatable bonds is 6. The molecule has 0 aromatic carbocycles. The van der Waals surface area contributed by atoms with Gasteiger partial charge in [-0.05, 0) is 34.1 Å². The van der Waals surface area contributed by atoms with E-state index in [1.54, 1.807) is 7.11 Å². The van der Waals surface area contributed by atoms with Crippen molar-refractivity contribution in [3.63, 3.8) is 0 Å². The van der Waals surface area contributed by atoms with Gasteiger partial charge in [-0.1, -0.05) is 0 Å². The highest BCUT2D eigenvalue weighted by molar-refractivity contribution is 5.43. The van der Waals surface area contributed by atoms with Crippen LogP contribution in [0.3, 0.4) is 0 Å². The largest absolute Gasteiger partial charge is 0.385 e. The molecular weight excluding hydrogens is 228 g/mol. The third-order valence-electron chi connectivity index (χ3n) is 2.17. The van der Waals surface area contributed by atoms with Gasteiger partial charge in [-0.2, -0.15) is 4.98 Å². The van der Waals surface area contributed by atoms with Crippen LogP contribution >= 0.6 is 0 Å². The molecule has 18 heavy (non-hydrogen) atoms. The van der Waals surface area contributed by atoms with E-state index in [1.807, 2.05) is 13.0 Å². The van der Waals surface area contributed by atoms with Crippen molar-refractivity contribution in [2.45, 2.75) is 39.7 Å². The average Bonchev–Trinajstić information content (AvgIpc) is 2.21. The van der Waals surface area contributed by atoms with Crippen molar-refractivity contribution < 1.29 is 4.74 Å². The van der Waals surface area contributed by atoms with Gasteiger partial charge in [0.15, 0.2) is 0 Å². The molecule has 1 rings (SSSR count). The van der Waals surface area contributed by atoms with Crippen LogP contribution in [0, 0.1) is 6.92 Å². The number of nitrogens with zero attached hydrogens (tertiary/aromatic N) is 2. The maximum atomic E-state index is 5.00. The molecule has 5 heteroatoms. The predicted molar refractivity (Wildman–Crippen MR) is 75.1 cm³/mol. The summed E-state index contributed by atoms with van der Waals surface area (Å²) in [5.41, 5.74) is 0.944. The van der Waals surface area contributed by atoms with E-state index < -0.39 is 0 Å².